The fraction of sp³-hybridized carbons (Fsp3) is 0.333. The van der Waals surface area contributed by atoms with Crippen LogP contribution in [0, 0.1) is 0 Å². The van der Waals surface area contributed by atoms with Crippen LogP contribution in [0.5, 0.6) is 0 Å². The van der Waals surface area contributed by atoms with E-state index < -0.39 is 5.97 Å². The van der Waals surface area contributed by atoms with Crippen LogP contribution in [0.3, 0.4) is 0 Å². The average Bonchev–Trinajstić information content (AvgIpc) is 2.43. The largest absolute Gasteiger partial charge is 0.478 e. The molecule has 1 aromatic carbocycles. The molecule has 0 aliphatic carbocycles. The Morgan fingerprint density at radius 1 is 1.32 bits per heavy atom. The fourth-order valence-electron chi connectivity index (χ4n) is 2.08. The number of rotatable bonds is 5. The summed E-state index contributed by atoms with van der Waals surface area (Å²) in [5, 5.41) is 13.4. The molecule has 2 aromatic rings. The van der Waals surface area contributed by atoms with Crippen molar-refractivity contribution in [2.24, 2.45) is 0 Å². The minimum atomic E-state index is -0.952. The number of carbonyl (C=O) groups is 1. The molecule has 0 radical (unpaired) electrons. The van der Waals surface area contributed by atoms with Crippen molar-refractivity contribution in [3.05, 3.63) is 35.9 Å². The number of pyridine rings is 1. The number of aromatic nitrogens is 1. The van der Waals surface area contributed by atoms with E-state index in [-0.39, 0.29) is 11.6 Å². The molecule has 100 valence electrons. The van der Waals surface area contributed by atoms with Crippen molar-refractivity contribution in [1.82, 2.24) is 4.98 Å². The summed E-state index contributed by atoms with van der Waals surface area (Å²) in [4.78, 5) is 15.8. The molecule has 0 spiro atoms. The monoisotopic (exact) mass is 258 g/mol. The number of hydrogen-bond acceptors (Lipinski definition) is 3. The number of hydrogen-bond donors (Lipinski definition) is 2. The zero-order valence-electron chi connectivity index (χ0n) is 11.2. The summed E-state index contributed by atoms with van der Waals surface area (Å²) in [6.07, 6.45) is 1.87. The Hall–Kier alpha value is -2.10. The molecule has 19 heavy (non-hydrogen) atoms. The van der Waals surface area contributed by atoms with Gasteiger partial charge >= 0.3 is 5.97 Å². The molecule has 0 amide bonds. The van der Waals surface area contributed by atoms with Crippen LogP contribution in [-0.2, 0) is 0 Å². The van der Waals surface area contributed by atoms with Crippen LogP contribution in [0.2, 0.25) is 0 Å². The van der Waals surface area contributed by atoms with Crippen molar-refractivity contribution in [2.75, 3.05) is 5.32 Å². The number of para-hydroxylation sites is 1. The number of carboxylic acids is 1. The predicted octanol–water partition coefficient (Wildman–Crippen LogP) is 3.53. The topological polar surface area (TPSA) is 62.2 Å². The third kappa shape index (κ3) is 2.84. The quantitative estimate of drug-likeness (QED) is 0.861. The molecule has 2 rings (SSSR count). The van der Waals surface area contributed by atoms with E-state index >= 15 is 0 Å². The zero-order valence-corrected chi connectivity index (χ0v) is 11.2. The molecule has 0 saturated heterocycles. The second kappa shape index (κ2) is 5.69. The van der Waals surface area contributed by atoms with Gasteiger partial charge in [-0.05, 0) is 25.0 Å². The maximum absolute atomic E-state index is 11.3. The number of nitrogens with zero attached hydrogens (tertiary/aromatic N) is 1. The molecule has 0 atom stereocenters. The minimum absolute atomic E-state index is 0.227. The summed E-state index contributed by atoms with van der Waals surface area (Å²) >= 11 is 0. The third-order valence-corrected chi connectivity index (χ3v) is 3.28. The summed E-state index contributed by atoms with van der Waals surface area (Å²) in [6, 6.07) is 9.46. The highest BCUT2D eigenvalue weighted by atomic mass is 16.4. The Bertz CT molecular complexity index is 592. The first-order chi connectivity index (χ1) is 9.15. The zero-order chi connectivity index (χ0) is 13.8. The van der Waals surface area contributed by atoms with Crippen molar-refractivity contribution < 1.29 is 9.90 Å². The number of anilines is 1. The van der Waals surface area contributed by atoms with Crippen molar-refractivity contribution in [3.63, 3.8) is 0 Å². The van der Waals surface area contributed by atoms with E-state index in [4.69, 9.17) is 0 Å². The number of benzene rings is 1. The van der Waals surface area contributed by atoms with Gasteiger partial charge in [-0.25, -0.2) is 9.78 Å². The summed E-state index contributed by atoms with van der Waals surface area (Å²) in [5.74, 6) is -0.494. The number of aromatic carboxylic acids is 1. The normalized spacial score (nSPS) is 10.9. The Balaban J connectivity index is 2.50. The van der Waals surface area contributed by atoms with Gasteiger partial charge in [0.25, 0.3) is 0 Å². The molecule has 4 nitrogen and oxygen atoms in total. The second-order valence-corrected chi connectivity index (χ2v) is 4.54. The van der Waals surface area contributed by atoms with Gasteiger partial charge in [-0.15, -0.1) is 0 Å². The van der Waals surface area contributed by atoms with E-state index in [1.54, 1.807) is 6.07 Å². The van der Waals surface area contributed by atoms with Crippen LogP contribution < -0.4 is 5.32 Å². The first-order valence-corrected chi connectivity index (χ1v) is 6.55. The molecule has 0 aliphatic heterocycles. The standard InChI is InChI=1S/C15H18N2O2/c1-3-11(4-2)16-14-12(15(18)19)9-10-7-5-6-8-13(10)17-14/h5-9,11H,3-4H2,1-2H3,(H,16,17)(H,18,19). The Morgan fingerprint density at radius 2 is 2.00 bits per heavy atom. The van der Waals surface area contributed by atoms with Gasteiger partial charge in [0.05, 0.1) is 5.52 Å². The van der Waals surface area contributed by atoms with Gasteiger partial charge in [0, 0.05) is 11.4 Å². The van der Waals surface area contributed by atoms with Crippen LogP contribution >= 0.6 is 0 Å². The summed E-state index contributed by atoms with van der Waals surface area (Å²) < 4.78 is 0. The van der Waals surface area contributed by atoms with E-state index in [1.807, 2.05) is 24.3 Å². The van der Waals surface area contributed by atoms with Gasteiger partial charge in [-0.3, -0.25) is 0 Å². The number of fused-ring (bicyclic) bond motifs is 1. The Labute approximate surface area is 112 Å². The molecule has 0 bridgehead atoms. The Morgan fingerprint density at radius 3 is 2.63 bits per heavy atom. The first-order valence-electron chi connectivity index (χ1n) is 6.55. The molecular weight excluding hydrogens is 240 g/mol. The average molecular weight is 258 g/mol. The van der Waals surface area contributed by atoms with Crippen LogP contribution in [0.4, 0.5) is 5.82 Å². The first kappa shape index (κ1) is 13.3. The molecule has 0 unspecified atom stereocenters. The molecular formula is C15H18N2O2. The maximum Gasteiger partial charge on any atom is 0.339 e. The molecule has 4 heteroatoms. The van der Waals surface area contributed by atoms with Crippen molar-refractivity contribution in [3.8, 4) is 0 Å². The van der Waals surface area contributed by atoms with Crippen LogP contribution in [0.1, 0.15) is 37.0 Å². The summed E-state index contributed by atoms with van der Waals surface area (Å²) in [7, 11) is 0. The molecule has 0 aliphatic rings. The van der Waals surface area contributed by atoms with Gasteiger partial charge in [-0.2, -0.15) is 0 Å². The highest BCUT2D eigenvalue weighted by Gasteiger charge is 2.15. The summed E-state index contributed by atoms with van der Waals surface area (Å²) in [6.45, 7) is 4.14. The fourth-order valence-corrected chi connectivity index (χ4v) is 2.08. The lowest BCUT2D eigenvalue weighted by atomic mass is 10.1. The SMILES string of the molecule is CCC(CC)Nc1nc2ccccc2cc1C(=O)O. The molecule has 0 fully saturated rings. The minimum Gasteiger partial charge on any atom is -0.478 e. The van der Waals surface area contributed by atoms with Gasteiger partial charge in [0.15, 0.2) is 0 Å². The second-order valence-electron chi connectivity index (χ2n) is 4.54. The maximum atomic E-state index is 11.3. The smallest absolute Gasteiger partial charge is 0.339 e. The van der Waals surface area contributed by atoms with Crippen LogP contribution in [0.15, 0.2) is 30.3 Å². The molecule has 0 saturated carbocycles. The highest BCUT2D eigenvalue weighted by Crippen LogP contribution is 2.22. The van der Waals surface area contributed by atoms with Crippen LogP contribution in [-0.4, -0.2) is 22.1 Å². The number of nitrogens with one attached hydrogen (secondary N) is 1. The van der Waals surface area contributed by atoms with E-state index in [1.165, 1.54) is 0 Å². The third-order valence-electron chi connectivity index (χ3n) is 3.28. The van der Waals surface area contributed by atoms with Gasteiger partial charge in [-0.1, -0.05) is 32.0 Å². The highest BCUT2D eigenvalue weighted by molar-refractivity contribution is 5.98. The predicted molar refractivity (Wildman–Crippen MR) is 76.7 cm³/mol. The Kier molecular flexibility index (Phi) is 4.00. The molecule has 1 aromatic heterocycles. The van der Waals surface area contributed by atoms with E-state index in [0.717, 1.165) is 23.7 Å². The summed E-state index contributed by atoms with van der Waals surface area (Å²) in [5.41, 5.74) is 1.03. The molecule has 2 N–H and O–H groups in total. The van der Waals surface area contributed by atoms with Crippen molar-refractivity contribution in [2.45, 2.75) is 32.7 Å². The van der Waals surface area contributed by atoms with Gasteiger partial charge in [0.2, 0.25) is 0 Å². The van der Waals surface area contributed by atoms with E-state index in [0.29, 0.717) is 5.82 Å². The number of carboxylic acid groups (broad SMARTS) is 1. The van der Waals surface area contributed by atoms with Gasteiger partial charge < -0.3 is 10.4 Å². The lowest BCUT2D eigenvalue weighted by Crippen LogP contribution is -2.20. The van der Waals surface area contributed by atoms with Crippen molar-refractivity contribution in [1.29, 1.82) is 0 Å². The van der Waals surface area contributed by atoms with Crippen molar-refractivity contribution >= 4 is 22.7 Å². The van der Waals surface area contributed by atoms with Gasteiger partial charge in [0.1, 0.15) is 11.4 Å². The van der Waals surface area contributed by atoms with E-state index in [9.17, 15) is 9.90 Å². The van der Waals surface area contributed by atoms with Crippen LogP contribution in [0.25, 0.3) is 10.9 Å². The lowest BCUT2D eigenvalue weighted by Gasteiger charge is -2.17. The lowest BCUT2D eigenvalue weighted by molar-refractivity contribution is 0.0697. The van der Waals surface area contributed by atoms with E-state index in [2.05, 4.69) is 24.1 Å². The molecule has 1 heterocycles.